The Kier molecular flexibility index (Phi) is 14.8. The van der Waals surface area contributed by atoms with Gasteiger partial charge in [-0.1, -0.05) is 37.6 Å². The number of methoxy groups -OCH3 is 1. The minimum atomic E-state index is -0.385. The number of halogens is 1. The highest BCUT2D eigenvalue weighted by Crippen LogP contribution is 2.29. The Labute approximate surface area is 286 Å². The Bertz CT molecular complexity index is 1690. The van der Waals surface area contributed by atoms with E-state index in [2.05, 4.69) is 25.8 Å². The monoisotopic (exact) mass is 677 g/mol. The topological polar surface area (TPSA) is 145 Å². The van der Waals surface area contributed by atoms with E-state index >= 15 is 0 Å². The molecule has 1 aliphatic rings. The second kappa shape index (κ2) is 19.4. The number of aromatic nitrogens is 3. The van der Waals surface area contributed by atoms with Crippen LogP contribution in [-0.2, 0) is 33.8 Å². The summed E-state index contributed by atoms with van der Waals surface area (Å²) in [5, 5.41) is 4.16. The summed E-state index contributed by atoms with van der Waals surface area (Å²) in [7, 11) is 1.69. The van der Waals surface area contributed by atoms with Crippen LogP contribution >= 0.6 is 0 Å². The molecule has 0 aliphatic carbocycles. The number of nitrogens with zero attached hydrogens (tertiary/aromatic N) is 5. The van der Waals surface area contributed by atoms with Crippen LogP contribution in [0.4, 0.5) is 15.0 Å². The maximum atomic E-state index is 14.3. The van der Waals surface area contributed by atoms with Crippen LogP contribution in [0.2, 0.25) is 0 Å². The van der Waals surface area contributed by atoms with Crippen LogP contribution in [0.3, 0.4) is 0 Å². The van der Waals surface area contributed by atoms with Crippen LogP contribution in [-0.4, -0.2) is 89.6 Å². The fraction of sp³-hybridized carbons (Fsp3) is 0.500. The van der Waals surface area contributed by atoms with Gasteiger partial charge in [-0.3, -0.25) is 0 Å². The van der Waals surface area contributed by atoms with Crippen molar-refractivity contribution < 1.29 is 28.2 Å². The molecule has 1 aliphatic heterocycles. The van der Waals surface area contributed by atoms with Crippen molar-refractivity contribution in [3.63, 3.8) is 0 Å². The summed E-state index contributed by atoms with van der Waals surface area (Å²) < 4.78 is 27.5. The van der Waals surface area contributed by atoms with Crippen LogP contribution in [0.5, 0.6) is 5.75 Å². The number of amides is 2. The number of nitrogens with two attached hydrogens (primary N) is 1. The molecular formula is C36H48FN7O5. The third kappa shape index (κ3) is 10.5. The Morgan fingerprint density at radius 2 is 1.84 bits per heavy atom. The van der Waals surface area contributed by atoms with Gasteiger partial charge in [-0.2, -0.15) is 9.59 Å². The van der Waals surface area contributed by atoms with Gasteiger partial charge in [0, 0.05) is 51.6 Å². The molecule has 264 valence electrons. The number of urea groups is 1. The fourth-order valence-corrected chi connectivity index (χ4v) is 6.12. The predicted molar refractivity (Wildman–Crippen MR) is 186 cm³/mol. The van der Waals surface area contributed by atoms with Gasteiger partial charge in [0.2, 0.25) is 0 Å². The first-order valence-electron chi connectivity index (χ1n) is 17.1. The maximum Gasteiger partial charge on any atom is 0.373 e. The van der Waals surface area contributed by atoms with Gasteiger partial charge in [-0.15, -0.1) is 0 Å². The third-order valence-electron chi connectivity index (χ3n) is 8.56. The number of carbonyl (C=O) groups excluding carboxylic acids is 3. The standard InChI is InChI=1S/C35H48FN7O3.CO2/c1-3-22-46-30-24-26(13-14-28(30)36)25-42(21-20-41-17-8-4-9-18-41)35(44)38-16-7-10-19-43-31(15-23-45-2)40-32-33(43)27-11-5-6-12-29(27)39-34(32)37;2-1-3/h5-6,11-14,24H,3-4,7-10,15-23,25H2,1-2H3,(H2,37,39)(H,38,44);. The van der Waals surface area contributed by atoms with Crippen LogP contribution in [0.15, 0.2) is 42.5 Å². The SMILES string of the molecule is CCCOc1cc(CN(CCN2CCCCC2)C(=O)NCCCCn2c(CCOC)nc3c(N)nc4ccccc4c32)ccc1F.O=C=O. The Balaban J connectivity index is 0.00000174. The van der Waals surface area contributed by atoms with E-state index in [-0.39, 0.29) is 23.7 Å². The summed E-state index contributed by atoms with van der Waals surface area (Å²) in [6.07, 6.45) is 6.99. The van der Waals surface area contributed by atoms with Crippen LogP contribution in [0.25, 0.3) is 21.9 Å². The molecule has 0 spiro atoms. The average Bonchev–Trinajstić information content (AvgIpc) is 3.48. The van der Waals surface area contributed by atoms with Crippen LogP contribution in [0, 0.1) is 5.82 Å². The minimum absolute atomic E-state index is 0.115. The van der Waals surface area contributed by atoms with Gasteiger partial charge in [0.15, 0.2) is 17.4 Å². The average molecular weight is 678 g/mol. The molecule has 3 N–H and O–H groups in total. The molecule has 49 heavy (non-hydrogen) atoms. The summed E-state index contributed by atoms with van der Waals surface area (Å²) in [5.41, 5.74) is 9.73. The highest BCUT2D eigenvalue weighted by molar-refractivity contribution is 6.06. The highest BCUT2D eigenvalue weighted by Gasteiger charge is 2.19. The number of likely N-dealkylation sites (tertiary alicyclic amines) is 1. The van der Waals surface area contributed by atoms with Crippen molar-refractivity contribution in [2.75, 3.05) is 58.8 Å². The molecule has 0 unspecified atom stereocenters. The van der Waals surface area contributed by atoms with Crippen molar-refractivity contribution >= 4 is 39.9 Å². The number of rotatable bonds is 16. The van der Waals surface area contributed by atoms with E-state index in [0.29, 0.717) is 50.6 Å². The predicted octanol–water partition coefficient (Wildman–Crippen LogP) is 5.18. The number of imidazole rings is 1. The van der Waals surface area contributed by atoms with E-state index in [1.165, 1.54) is 25.3 Å². The van der Waals surface area contributed by atoms with Crippen molar-refractivity contribution in [2.45, 2.75) is 65.0 Å². The quantitative estimate of drug-likeness (QED) is 0.153. The normalized spacial score (nSPS) is 13.1. The Morgan fingerprint density at radius 1 is 1.06 bits per heavy atom. The van der Waals surface area contributed by atoms with E-state index in [4.69, 9.17) is 29.8 Å². The molecule has 1 fully saturated rings. The van der Waals surface area contributed by atoms with Gasteiger partial charge in [-0.25, -0.2) is 19.2 Å². The highest BCUT2D eigenvalue weighted by atomic mass is 19.1. The molecule has 2 aromatic heterocycles. The number of nitrogens with one attached hydrogen (secondary N) is 1. The zero-order valence-electron chi connectivity index (χ0n) is 28.6. The Morgan fingerprint density at radius 3 is 2.59 bits per heavy atom. The number of piperidine rings is 1. The van der Waals surface area contributed by atoms with Crippen molar-refractivity contribution in [3.05, 3.63) is 59.7 Å². The lowest BCUT2D eigenvalue weighted by Gasteiger charge is -2.30. The van der Waals surface area contributed by atoms with E-state index in [9.17, 15) is 9.18 Å². The summed E-state index contributed by atoms with van der Waals surface area (Å²) in [6, 6.07) is 12.7. The first-order valence-corrected chi connectivity index (χ1v) is 17.1. The molecular weight excluding hydrogens is 629 g/mol. The van der Waals surface area contributed by atoms with E-state index in [1.54, 1.807) is 19.2 Å². The van der Waals surface area contributed by atoms with Gasteiger partial charge in [-0.05, 0) is 69.0 Å². The van der Waals surface area contributed by atoms with E-state index in [1.807, 2.05) is 30.0 Å². The molecule has 1 saturated heterocycles. The summed E-state index contributed by atoms with van der Waals surface area (Å²) in [6.45, 7) is 8.18. The van der Waals surface area contributed by atoms with E-state index < -0.39 is 0 Å². The molecule has 0 atom stereocenters. The minimum Gasteiger partial charge on any atom is -0.491 e. The van der Waals surface area contributed by atoms with E-state index in [0.717, 1.165) is 73.2 Å². The molecule has 5 rings (SSSR count). The number of pyridine rings is 1. The van der Waals surface area contributed by atoms with Gasteiger partial charge in [0.05, 0.1) is 24.2 Å². The van der Waals surface area contributed by atoms with Gasteiger partial charge in [0.25, 0.3) is 0 Å². The molecule has 3 heterocycles. The number of benzene rings is 2. The number of carbonyl (C=O) groups is 1. The molecule has 13 heteroatoms. The number of unbranched alkanes of at least 4 members (excludes halogenated alkanes) is 1. The lowest BCUT2D eigenvalue weighted by molar-refractivity contribution is -0.191. The number of fused-ring (bicyclic) bond motifs is 3. The molecule has 0 radical (unpaired) electrons. The summed E-state index contributed by atoms with van der Waals surface area (Å²) in [5.74, 6) is 1.19. The van der Waals surface area contributed by atoms with Crippen molar-refractivity contribution in [3.8, 4) is 5.75 Å². The first kappa shape index (κ1) is 37.2. The van der Waals surface area contributed by atoms with Crippen molar-refractivity contribution in [2.24, 2.45) is 0 Å². The number of aryl methyl sites for hydroxylation is 1. The number of ether oxygens (including phenoxy) is 2. The van der Waals surface area contributed by atoms with Gasteiger partial charge < -0.3 is 34.9 Å². The summed E-state index contributed by atoms with van der Waals surface area (Å²) >= 11 is 0. The maximum absolute atomic E-state index is 14.3. The largest absolute Gasteiger partial charge is 0.491 e. The number of anilines is 1. The third-order valence-corrected chi connectivity index (χ3v) is 8.56. The second-order valence-corrected chi connectivity index (χ2v) is 12.1. The van der Waals surface area contributed by atoms with Crippen molar-refractivity contribution in [1.29, 1.82) is 0 Å². The number of hydrogen-bond donors (Lipinski definition) is 2. The fourth-order valence-electron chi connectivity index (χ4n) is 6.12. The van der Waals surface area contributed by atoms with Crippen LogP contribution in [0.1, 0.15) is 56.8 Å². The lowest BCUT2D eigenvalue weighted by atomic mass is 10.1. The van der Waals surface area contributed by atoms with Crippen molar-refractivity contribution in [1.82, 2.24) is 29.7 Å². The van der Waals surface area contributed by atoms with Gasteiger partial charge in [0.1, 0.15) is 11.3 Å². The smallest absolute Gasteiger partial charge is 0.373 e. The molecule has 2 amide bonds. The molecule has 0 saturated carbocycles. The molecule has 4 aromatic rings. The van der Waals surface area contributed by atoms with Crippen LogP contribution < -0.4 is 15.8 Å². The number of para-hydroxylation sites is 1. The number of hydrogen-bond acceptors (Lipinski definition) is 9. The zero-order valence-corrected chi connectivity index (χ0v) is 28.6. The summed E-state index contributed by atoms with van der Waals surface area (Å²) in [4.78, 5) is 43.4. The number of nitrogen functional groups attached to an aromatic ring is 1. The molecule has 2 aromatic carbocycles. The zero-order chi connectivity index (χ0) is 35.0. The molecule has 12 nitrogen and oxygen atoms in total. The Hall–Kier alpha value is -4.58. The molecule has 0 bridgehead atoms. The first-order chi connectivity index (χ1) is 23.9. The van der Waals surface area contributed by atoms with Gasteiger partial charge >= 0.3 is 12.2 Å². The second-order valence-electron chi connectivity index (χ2n) is 12.1. The lowest BCUT2D eigenvalue weighted by Crippen LogP contribution is -2.44.